The van der Waals surface area contributed by atoms with Gasteiger partial charge in [-0.05, 0) is 18.1 Å². The second kappa shape index (κ2) is 9.77. The Hall–Kier alpha value is -2.17. The van der Waals surface area contributed by atoms with Crippen LogP contribution in [0.4, 0.5) is 0 Å². The molecule has 1 unspecified atom stereocenters. The number of esters is 1. The fraction of sp³-hybridized carbons (Fsp3) is 0.316. The predicted octanol–water partition coefficient (Wildman–Crippen LogP) is 2.94. The van der Waals surface area contributed by atoms with Crippen molar-refractivity contribution in [3.8, 4) is 0 Å². The zero-order chi connectivity index (χ0) is 17.1. The Morgan fingerprint density at radius 2 is 1.52 bits per heavy atom. The molecule has 0 saturated carbocycles. The van der Waals surface area contributed by atoms with Crippen LogP contribution in [0, 0.1) is 0 Å². The van der Waals surface area contributed by atoms with Crippen LogP contribution in [0.3, 0.4) is 0 Å². The summed E-state index contributed by atoms with van der Waals surface area (Å²) < 4.78 is 9.59. The second-order valence-electron chi connectivity index (χ2n) is 5.27. The summed E-state index contributed by atoms with van der Waals surface area (Å²) >= 11 is 0. The van der Waals surface area contributed by atoms with Crippen LogP contribution in [0.15, 0.2) is 60.7 Å². The highest BCUT2D eigenvalue weighted by Crippen LogP contribution is 2.24. The van der Waals surface area contributed by atoms with Gasteiger partial charge < -0.3 is 14.6 Å². The minimum atomic E-state index is -0.962. The van der Waals surface area contributed by atoms with Crippen molar-refractivity contribution in [2.45, 2.75) is 18.9 Å². The van der Waals surface area contributed by atoms with Gasteiger partial charge in [-0.1, -0.05) is 60.7 Å². The van der Waals surface area contributed by atoms with E-state index in [-0.39, 0.29) is 6.61 Å². The Bertz CT molecular complexity index is 568. The summed E-state index contributed by atoms with van der Waals surface area (Å²) in [5, 5.41) is 9.24. The van der Waals surface area contributed by atoms with Gasteiger partial charge in [0.25, 0.3) is 0 Å². The largest absolute Gasteiger partial charge is 0.468 e. The zero-order valence-electron chi connectivity index (χ0n) is 13.9. The van der Waals surface area contributed by atoms with Gasteiger partial charge >= 0.3 is 5.97 Å². The van der Waals surface area contributed by atoms with Crippen LogP contribution in [0.25, 0.3) is 0 Å². The first-order valence-corrected chi connectivity index (χ1v) is 7.36. The fourth-order valence-electron chi connectivity index (χ4n) is 2.05. The zero-order valence-corrected chi connectivity index (χ0v) is 13.9. The van der Waals surface area contributed by atoms with Crippen LogP contribution in [-0.2, 0) is 26.3 Å². The van der Waals surface area contributed by atoms with E-state index >= 15 is 0 Å². The summed E-state index contributed by atoms with van der Waals surface area (Å²) in [7, 11) is 3.02. The van der Waals surface area contributed by atoms with Crippen molar-refractivity contribution < 1.29 is 19.4 Å². The molecule has 0 spiro atoms. The van der Waals surface area contributed by atoms with Crippen LogP contribution in [0.2, 0.25) is 0 Å². The third kappa shape index (κ3) is 5.51. The Kier molecular flexibility index (Phi) is 8.02. The minimum Gasteiger partial charge on any atom is -0.468 e. The smallest absolute Gasteiger partial charge is 0.318 e. The molecule has 0 radical (unpaired) electrons. The predicted molar refractivity (Wildman–Crippen MR) is 90.1 cm³/mol. The molecule has 2 aromatic rings. The molecule has 0 fully saturated rings. The molecule has 0 heterocycles. The van der Waals surface area contributed by atoms with Gasteiger partial charge in [0.15, 0.2) is 0 Å². The Balaban J connectivity index is 0.000000253. The van der Waals surface area contributed by atoms with Crippen molar-refractivity contribution in [3.63, 3.8) is 0 Å². The molecule has 0 aromatic heterocycles. The van der Waals surface area contributed by atoms with Crippen molar-refractivity contribution in [1.82, 2.24) is 0 Å². The van der Waals surface area contributed by atoms with E-state index in [9.17, 15) is 9.90 Å². The number of ether oxygens (including phenoxy) is 2. The molecule has 4 heteroatoms. The third-order valence-corrected chi connectivity index (χ3v) is 3.52. The summed E-state index contributed by atoms with van der Waals surface area (Å²) in [4.78, 5) is 11.5. The standard InChI is InChI=1S/C11H14O3.C8H10O/c1-11(8-12,10(13)14-2)9-6-4-3-5-7-9;1-9-7-8-5-3-2-4-6-8/h3-7,12H,8H2,1-2H3;2-6H,7H2,1H3. The molecule has 0 bridgehead atoms. The number of hydrogen-bond acceptors (Lipinski definition) is 4. The Morgan fingerprint density at radius 1 is 1.00 bits per heavy atom. The molecular weight excluding hydrogens is 292 g/mol. The van der Waals surface area contributed by atoms with Gasteiger partial charge in [-0.15, -0.1) is 0 Å². The minimum absolute atomic E-state index is 0.260. The van der Waals surface area contributed by atoms with Gasteiger partial charge in [0.2, 0.25) is 0 Å². The van der Waals surface area contributed by atoms with Crippen molar-refractivity contribution in [2.24, 2.45) is 0 Å². The van der Waals surface area contributed by atoms with Gasteiger partial charge in [-0.3, -0.25) is 4.79 Å². The first kappa shape index (κ1) is 18.9. The maximum atomic E-state index is 11.5. The first-order chi connectivity index (χ1) is 11.1. The average molecular weight is 316 g/mol. The highest BCUT2D eigenvalue weighted by molar-refractivity contribution is 5.82. The van der Waals surface area contributed by atoms with Crippen LogP contribution < -0.4 is 0 Å². The van der Waals surface area contributed by atoms with Crippen molar-refractivity contribution >= 4 is 5.97 Å². The van der Waals surface area contributed by atoms with E-state index in [2.05, 4.69) is 4.74 Å². The molecule has 0 saturated heterocycles. The lowest BCUT2D eigenvalue weighted by molar-refractivity contribution is -0.148. The van der Waals surface area contributed by atoms with Crippen molar-refractivity contribution in [2.75, 3.05) is 20.8 Å². The molecular formula is C19H24O4. The lowest BCUT2D eigenvalue weighted by atomic mass is 9.83. The average Bonchev–Trinajstić information content (AvgIpc) is 2.63. The van der Waals surface area contributed by atoms with Crippen LogP contribution in [0.1, 0.15) is 18.1 Å². The van der Waals surface area contributed by atoms with E-state index in [1.807, 2.05) is 48.5 Å². The van der Waals surface area contributed by atoms with E-state index in [0.29, 0.717) is 6.61 Å². The molecule has 23 heavy (non-hydrogen) atoms. The van der Waals surface area contributed by atoms with Crippen LogP contribution in [0.5, 0.6) is 0 Å². The van der Waals surface area contributed by atoms with Gasteiger partial charge in [0.05, 0.1) is 20.3 Å². The Labute approximate surface area is 137 Å². The van der Waals surface area contributed by atoms with Crippen LogP contribution in [-0.4, -0.2) is 31.9 Å². The lowest BCUT2D eigenvalue weighted by Crippen LogP contribution is -2.37. The van der Waals surface area contributed by atoms with E-state index in [1.165, 1.54) is 12.7 Å². The van der Waals surface area contributed by atoms with Gasteiger partial charge in [0.1, 0.15) is 5.41 Å². The molecule has 1 atom stereocenters. The number of hydrogen-bond donors (Lipinski definition) is 1. The summed E-state index contributed by atoms with van der Waals surface area (Å²) in [6.07, 6.45) is 0. The molecule has 0 aliphatic carbocycles. The number of carbonyl (C=O) groups excluding carboxylic acids is 1. The highest BCUT2D eigenvalue weighted by Gasteiger charge is 2.35. The van der Waals surface area contributed by atoms with Crippen molar-refractivity contribution in [3.05, 3.63) is 71.8 Å². The molecule has 1 N–H and O–H groups in total. The van der Waals surface area contributed by atoms with E-state index in [1.54, 1.807) is 26.2 Å². The molecule has 2 rings (SSSR count). The normalized spacial score (nSPS) is 12.5. The molecule has 124 valence electrons. The third-order valence-electron chi connectivity index (χ3n) is 3.52. The molecule has 0 aliphatic rings. The van der Waals surface area contributed by atoms with E-state index < -0.39 is 11.4 Å². The summed E-state index contributed by atoms with van der Waals surface area (Å²) in [5.41, 5.74) is 1.02. The monoisotopic (exact) mass is 316 g/mol. The summed E-state index contributed by atoms with van der Waals surface area (Å²) in [5.74, 6) is -0.425. The van der Waals surface area contributed by atoms with Crippen LogP contribution >= 0.6 is 0 Å². The topological polar surface area (TPSA) is 55.8 Å². The van der Waals surface area contributed by atoms with Gasteiger partial charge in [-0.25, -0.2) is 0 Å². The fourth-order valence-corrected chi connectivity index (χ4v) is 2.05. The first-order valence-electron chi connectivity index (χ1n) is 7.36. The molecule has 0 amide bonds. The quantitative estimate of drug-likeness (QED) is 0.862. The van der Waals surface area contributed by atoms with E-state index in [4.69, 9.17) is 4.74 Å². The summed E-state index contributed by atoms with van der Waals surface area (Å²) in [6.45, 7) is 2.11. The summed E-state index contributed by atoms with van der Waals surface area (Å²) in [6, 6.07) is 19.2. The number of aliphatic hydroxyl groups excluding tert-OH is 1. The number of carbonyl (C=O) groups is 1. The SMILES string of the molecule is COC(=O)C(C)(CO)c1ccccc1.COCc1ccccc1. The number of aliphatic hydroxyl groups is 1. The van der Waals surface area contributed by atoms with Gasteiger partial charge in [-0.2, -0.15) is 0 Å². The van der Waals surface area contributed by atoms with E-state index in [0.717, 1.165) is 5.56 Å². The molecule has 2 aromatic carbocycles. The Morgan fingerprint density at radius 3 is 1.96 bits per heavy atom. The maximum Gasteiger partial charge on any atom is 0.318 e. The van der Waals surface area contributed by atoms with Gasteiger partial charge in [0, 0.05) is 7.11 Å². The molecule has 0 aliphatic heterocycles. The molecule has 4 nitrogen and oxygen atoms in total. The number of rotatable bonds is 5. The number of benzene rings is 2. The van der Waals surface area contributed by atoms with Crippen molar-refractivity contribution in [1.29, 1.82) is 0 Å². The lowest BCUT2D eigenvalue weighted by Gasteiger charge is -2.24. The number of methoxy groups -OCH3 is 2. The second-order valence-corrected chi connectivity index (χ2v) is 5.27. The highest BCUT2D eigenvalue weighted by atomic mass is 16.5. The maximum absolute atomic E-state index is 11.5.